The molecule has 1 fully saturated rings. The highest BCUT2D eigenvalue weighted by molar-refractivity contribution is 7.89. The van der Waals surface area contributed by atoms with Crippen molar-refractivity contribution >= 4 is 27.6 Å². The van der Waals surface area contributed by atoms with Crippen LogP contribution >= 0.6 is 0 Å². The van der Waals surface area contributed by atoms with Crippen LogP contribution in [0.25, 0.3) is 0 Å². The molecule has 0 aliphatic carbocycles. The molecular formula is C20H32N4O5S. The van der Waals surface area contributed by atoms with E-state index in [1.807, 2.05) is 13.8 Å². The summed E-state index contributed by atoms with van der Waals surface area (Å²) in [5.41, 5.74) is 0.386. The van der Waals surface area contributed by atoms with Crippen LogP contribution in [0.1, 0.15) is 46.0 Å². The molecule has 3 amide bonds. The van der Waals surface area contributed by atoms with Gasteiger partial charge in [0.05, 0.1) is 23.7 Å². The molecule has 9 nitrogen and oxygen atoms in total. The number of urea groups is 1. The number of nitrogens with one attached hydrogen (secondary N) is 3. The topological polar surface area (TPSA) is 117 Å². The van der Waals surface area contributed by atoms with E-state index in [9.17, 15) is 18.0 Å². The molecule has 1 heterocycles. The molecule has 0 saturated carbocycles. The summed E-state index contributed by atoms with van der Waals surface area (Å²) >= 11 is 0. The lowest BCUT2D eigenvalue weighted by Gasteiger charge is -2.26. The lowest BCUT2D eigenvalue weighted by Crippen LogP contribution is -2.42. The summed E-state index contributed by atoms with van der Waals surface area (Å²) < 4.78 is 32.9. The van der Waals surface area contributed by atoms with Crippen LogP contribution in [0.2, 0.25) is 0 Å². The van der Waals surface area contributed by atoms with Gasteiger partial charge in [0.25, 0.3) is 0 Å². The van der Waals surface area contributed by atoms with Gasteiger partial charge in [-0.05, 0) is 44.4 Å². The van der Waals surface area contributed by atoms with Crippen LogP contribution in [-0.2, 0) is 14.8 Å². The molecule has 1 aromatic carbocycles. The molecule has 30 heavy (non-hydrogen) atoms. The van der Waals surface area contributed by atoms with Crippen molar-refractivity contribution in [2.45, 2.75) is 50.8 Å². The Labute approximate surface area is 178 Å². The Balaban J connectivity index is 2.07. The maximum Gasteiger partial charge on any atom is 0.321 e. The number of hydrogen-bond donors (Lipinski definition) is 3. The molecule has 3 N–H and O–H groups in total. The number of imide groups is 1. The van der Waals surface area contributed by atoms with E-state index in [-0.39, 0.29) is 11.4 Å². The van der Waals surface area contributed by atoms with Gasteiger partial charge >= 0.3 is 6.03 Å². The van der Waals surface area contributed by atoms with Crippen molar-refractivity contribution in [1.82, 2.24) is 14.9 Å². The Morgan fingerprint density at radius 1 is 1.13 bits per heavy atom. The minimum absolute atomic E-state index is 0.146. The zero-order valence-electron chi connectivity index (χ0n) is 17.7. The summed E-state index contributed by atoms with van der Waals surface area (Å²) in [6.07, 6.45) is 4.50. The fraction of sp³-hybridized carbons (Fsp3) is 0.600. The van der Waals surface area contributed by atoms with Crippen molar-refractivity contribution in [3.8, 4) is 5.75 Å². The third kappa shape index (κ3) is 6.88. The van der Waals surface area contributed by atoms with Gasteiger partial charge in [-0.2, -0.15) is 4.31 Å². The van der Waals surface area contributed by atoms with E-state index in [4.69, 9.17) is 4.74 Å². The lowest BCUT2D eigenvalue weighted by atomic mass is 10.2. The summed E-state index contributed by atoms with van der Waals surface area (Å²) in [4.78, 5) is 23.9. The lowest BCUT2D eigenvalue weighted by molar-refractivity contribution is -0.118. The third-order valence-corrected chi connectivity index (χ3v) is 6.61. The number of rotatable bonds is 10. The van der Waals surface area contributed by atoms with Gasteiger partial charge in [-0.1, -0.05) is 19.8 Å². The maximum atomic E-state index is 12.9. The number of ether oxygens (including phenoxy) is 1. The van der Waals surface area contributed by atoms with Gasteiger partial charge < -0.3 is 15.4 Å². The molecule has 0 aromatic heterocycles. The summed E-state index contributed by atoms with van der Waals surface area (Å²) in [5, 5.41) is 7.73. The molecule has 10 heteroatoms. The van der Waals surface area contributed by atoms with Gasteiger partial charge in [0.2, 0.25) is 15.9 Å². The Morgan fingerprint density at radius 2 is 1.87 bits per heavy atom. The van der Waals surface area contributed by atoms with Crippen molar-refractivity contribution in [1.29, 1.82) is 0 Å². The van der Waals surface area contributed by atoms with Crippen molar-refractivity contribution in [3.63, 3.8) is 0 Å². The molecule has 1 aromatic rings. The number of anilines is 1. The van der Waals surface area contributed by atoms with Crippen LogP contribution in [0.5, 0.6) is 5.75 Å². The highest BCUT2D eigenvalue weighted by Crippen LogP contribution is 2.30. The minimum Gasteiger partial charge on any atom is -0.492 e. The van der Waals surface area contributed by atoms with Crippen molar-refractivity contribution < 1.29 is 22.7 Å². The van der Waals surface area contributed by atoms with E-state index in [0.717, 1.165) is 32.1 Å². The Kier molecular flexibility index (Phi) is 9.38. The quantitative estimate of drug-likeness (QED) is 0.481. The first kappa shape index (κ1) is 23.9. The van der Waals surface area contributed by atoms with Gasteiger partial charge in [-0.3, -0.25) is 10.1 Å². The van der Waals surface area contributed by atoms with E-state index in [1.54, 1.807) is 6.07 Å². The normalized spacial score (nSPS) is 14.7. The molecule has 0 radical (unpaired) electrons. The number of sulfonamides is 1. The molecule has 1 saturated heterocycles. The van der Waals surface area contributed by atoms with Crippen LogP contribution in [-0.4, -0.2) is 57.4 Å². The maximum absolute atomic E-state index is 12.9. The second-order valence-corrected chi connectivity index (χ2v) is 9.00. The zero-order valence-corrected chi connectivity index (χ0v) is 18.5. The number of unbranched alkanes of at least 4 members (excludes halogenated alkanes) is 1. The molecule has 0 bridgehead atoms. The SMILES string of the molecule is CCCCNC(=O)NC(=O)CNc1cc(S(=O)(=O)N2CCCCC2)ccc1OCC. The standard InChI is InChI=1S/C20H32N4O5S/c1-3-5-11-21-20(26)23-19(25)15-22-17-14-16(9-10-18(17)29-4-2)30(27,28)24-12-7-6-8-13-24/h9-10,14,22H,3-8,11-13,15H2,1-2H3,(H2,21,23,25,26). The van der Waals surface area contributed by atoms with E-state index in [0.29, 0.717) is 37.7 Å². The van der Waals surface area contributed by atoms with E-state index >= 15 is 0 Å². The average molecular weight is 441 g/mol. The molecule has 1 aliphatic rings. The fourth-order valence-corrected chi connectivity index (χ4v) is 4.66. The number of carbonyl (C=O) groups is 2. The van der Waals surface area contributed by atoms with E-state index in [1.165, 1.54) is 16.4 Å². The summed E-state index contributed by atoms with van der Waals surface area (Å²) in [6.45, 7) is 5.52. The van der Waals surface area contributed by atoms with Gasteiger partial charge in [-0.25, -0.2) is 13.2 Å². The first-order valence-corrected chi connectivity index (χ1v) is 11.9. The molecule has 0 spiro atoms. The summed E-state index contributed by atoms with van der Waals surface area (Å²) in [5.74, 6) is -0.0916. The molecule has 168 valence electrons. The number of piperidine rings is 1. The van der Waals surface area contributed by atoms with Gasteiger partial charge in [0, 0.05) is 19.6 Å². The van der Waals surface area contributed by atoms with Crippen LogP contribution in [0.4, 0.5) is 10.5 Å². The smallest absolute Gasteiger partial charge is 0.321 e. The Hall–Kier alpha value is -2.33. The van der Waals surface area contributed by atoms with Gasteiger partial charge in [-0.15, -0.1) is 0 Å². The van der Waals surface area contributed by atoms with Crippen molar-refractivity contribution in [2.24, 2.45) is 0 Å². The highest BCUT2D eigenvalue weighted by Gasteiger charge is 2.26. The molecule has 0 atom stereocenters. The van der Waals surface area contributed by atoms with E-state index < -0.39 is 22.0 Å². The van der Waals surface area contributed by atoms with E-state index in [2.05, 4.69) is 16.0 Å². The highest BCUT2D eigenvalue weighted by atomic mass is 32.2. The van der Waals surface area contributed by atoms with Crippen molar-refractivity contribution in [3.05, 3.63) is 18.2 Å². The fourth-order valence-electron chi connectivity index (χ4n) is 3.11. The number of benzene rings is 1. The second kappa shape index (κ2) is 11.8. The third-order valence-electron chi connectivity index (χ3n) is 4.71. The van der Waals surface area contributed by atoms with Crippen LogP contribution in [0, 0.1) is 0 Å². The number of amides is 3. The minimum atomic E-state index is -3.61. The first-order chi connectivity index (χ1) is 14.4. The predicted molar refractivity (Wildman–Crippen MR) is 115 cm³/mol. The number of carbonyl (C=O) groups excluding carboxylic acids is 2. The van der Waals surface area contributed by atoms with Crippen LogP contribution in [0.3, 0.4) is 0 Å². The Bertz CT molecular complexity index is 822. The average Bonchev–Trinajstić information content (AvgIpc) is 2.74. The molecule has 1 aliphatic heterocycles. The summed E-state index contributed by atoms with van der Waals surface area (Å²) in [7, 11) is -3.61. The largest absolute Gasteiger partial charge is 0.492 e. The summed E-state index contributed by atoms with van der Waals surface area (Å²) in [6, 6.07) is 4.02. The monoisotopic (exact) mass is 440 g/mol. The second-order valence-electron chi connectivity index (χ2n) is 7.07. The van der Waals surface area contributed by atoms with Gasteiger partial charge in [0.1, 0.15) is 5.75 Å². The number of nitrogens with zero attached hydrogens (tertiary/aromatic N) is 1. The number of hydrogen-bond acceptors (Lipinski definition) is 6. The molecule has 0 unspecified atom stereocenters. The molecule has 2 rings (SSSR count). The first-order valence-electron chi connectivity index (χ1n) is 10.5. The van der Waals surface area contributed by atoms with Crippen molar-refractivity contribution in [2.75, 3.05) is 38.1 Å². The van der Waals surface area contributed by atoms with Crippen LogP contribution < -0.4 is 20.7 Å². The predicted octanol–water partition coefficient (Wildman–Crippen LogP) is 2.30. The van der Waals surface area contributed by atoms with Gasteiger partial charge in [0.15, 0.2) is 0 Å². The van der Waals surface area contributed by atoms with Crippen LogP contribution in [0.15, 0.2) is 23.1 Å². The molecular weight excluding hydrogens is 408 g/mol. The zero-order chi connectivity index (χ0) is 22.0. The Morgan fingerprint density at radius 3 is 2.53 bits per heavy atom.